The summed E-state index contributed by atoms with van der Waals surface area (Å²) in [6.07, 6.45) is 1.76. The van der Waals surface area contributed by atoms with Crippen molar-refractivity contribution in [2.75, 3.05) is 19.0 Å². The number of rotatable bonds is 4. The molecule has 0 unspecified atom stereocenters. The Bertz CT molecular complexity index is 709. The molecule has 0 radical (unpaired) electrons. The number of ether oxygens (including phenoxy) is 1. The second-order valence-electron chi connectivity index (χ2n) is 3.85. The Balaban J connectivity index is 1.96. The van der Waals surface area contributed by atoms with Crippen molar-refractivity contribution in [2.24, 2.45) is 0 Å². The second-order valence-corrected chi connectivity index (χ2v) is 4.86. The monoisotopic (exact) mass is 278 g/mol. The van der Waals surface area contributed by atoms with Crippen molar-refractivity contribution in [2.45, 2.75) is 0 Å². The number of fused-ring (bicyclic) bond motifs is 1. The summed E-state index contributed by atoms with van der Waals surface area (Å²) in [6, 6.07) is 7.18. The number of benzene rings is 1. The van der Waals surface area contributed by atoms with Gasteiger partial charge in [-0.2, -0.15) is 0 Å². The molecule has 98 valence electrons. The van der Waals surface area contributed by atoms with Gasteiger partial charge in [0.15, 0.2) is 0 Å². The molecule has 2 aromatic heterocycles. The van der Waals surface area contributed by atoms with Crippen molar-refractivity contribution in [1.29, 1.82) is 0 Å². The zero-order valence-corrected chi connectivity index (χ0v) is 10.7. The molecule has 0 aliphatic rings. The number of hydrogen-bond acceptors (Lipinski definition) is 5. The Labute approximate surface area is 112 Å². The van der Waals surface area contributed by atoms with Crippen molar-refractivity contribution in [3.63, 3.8) is 0 Å². The first-order valence-corrected chi connectivity index (χ1v) is 6.49. The zero-order chi connectivity index (χ0) is 13.2. The molecule has 0 bridgehead atoms. The highest BCUT2D eigenvalue weighted by Crippen LogP contribution is 2.28. The van der Waals surface area contributed by atoms with E-state index in [9.17, 15) is 4.39 Å². The maximum Gasteiger partial charge on any atom is 0.211 e. The Morgan fingerprint density at radius 2 is 2.26 bits per heavy atom. The molecule has 3 aromatic rings. The Kier molecular flexibility index (Phi) is 3.04. The first-order chi connectivity index (χ1) is 9.26. The number of halogens is 1. The van der Waals surface area contributed by atoms with Crippen LogP contribution in [0.25, 0.3) is 15.3 Å². The SMILES string of the molecule is Nc1ccn(-c2nc3ccc(OCCF)cc3s2)n1. The van der Waals surface area contributed by atoms with E-state index in [0.717, 1.165) is 15.3 Å². The van der Waals surface area contributed by atoms with Crippen LogP contribution in [0.1, 0.15) is 0 Å². The molecule has 0 aliphatic heterocycles. The van der Waals surface area contributed by atoms with Crippen LogP contribution in [-0.2, 0) is 0 Å². The fourth-order valence-electron chi connectivity index (χ4n) is 1.68. The van der Waals surface area contributed by atoms with Crippen molar-refractivity contribution in [3.8, 4) is 10.9 Å². The van der Waals surface area contributed by atoms with Crippen molar-refractivity contribution in [1.82, 2.24) is 14.8 Å². The molecule has 3 rings (SSSR count). The molecule has 1 aromatic carbocycles. The molecular formula is C12H11FN4OS. The lowest BCUT2D eigenvalue weighted by Crippen LogP contribution is -1.97. The van der Waals surface area contributed by atoms with Gasteiger partial charge in [-0.15, -0.1) is 5.10 Å². The summed E-state index contributed by atoms with van der Waals surface area (Å²) >= 11 is 1.47. The van der Waals surface area contributed by atoms with E-state index in [1.165, 1.54) is 11.3 Å². The first kappa shape index (κ1) is 11.9. The third-order valence-electron chi connectivity index (χ3n) is 2.50. The lowest BCUT2D eigenvalue weighted by atomic mass is 10.3. The van der Waals surface area contributed by atoms with Crippen LogP contribution < -0.4 is 10.5 Å². The number of alkyl halides is 1. The third-order valence-corrected chi connectivity index (χ3v) is 3.51. The van der Waals surface area contributed by atoms with Gasteiger partial charge in [0, 0.05) is 12.3 Å². The average Bonchev–Trinajstić information content (AvgIpc) is 3.01. The van der Waals surface area contributed by atoms with Gasteiger partial charge < -0.3 is 10.5 Å². The zero-order valence-electron chi connectivity index (χ0n) is 9.91. The molecule has 2 heterocycles. The minimum Gasteiger partial charge on any atom is -0.491 e. The van der Waals surface area contributed by atoms with E-state index in [0.29, 0.717) is 11.6 Å². The standard InChI is InChI=1S/C12H11FN4OS/c13-4-6-18-8-1-2-9-10(7-8)19-12(15-9)17-5-3-11(14)16-17/h1-3,5,7H,4,6H2,(H2,14,16). The maximum atomic E-state index is 12.1. The van der Waals surface area contributed by atoms with Gasteiger partial charge in [0.1, 0.15) is 24.8 Å². The van der Waals surface area contributed by atoms with Crippen molar-refractivity contribution >= 4 is 27.4 Å². The molecule has 0 saturated carbocycles. The number of anilines is 1. The molecule has 5 nitrogen and oxygen atoms in total. The van der Waals surface area contributed by atoms with Crippen LogP contribution in [0.15, 0.2) is 30.5 Å². The van der Waals surface area contributed by atoms with Gasteiger partial charge in [-0.25, -0.2) is 14.1 Å². The maximum absolute atomic E-state index is 12.1. The van der Waals surface area contributed by atoms with E-state index in [1.54, 1.807) is 23.0 Å². The van der Waals surface area contributed by atoms with E-state index < -0.39 is 6.67 Å². The summed E-state index contributed by atoms with van der Waals surface area (Å²) in [6.45, 7) is -0.439. The number of hydrogen-bond donors (Lipinski definition) is 1. The summed E-state index contributed by atoms with van der Waals surface area (Å²) in [4.78, 5) is 4.45. The van der Waals surface area contributed by atoms with Crippen molar-refractivity contribution < 1.29 is 9.13 Å². The van der Waals surface area contributed by atoms with E-state index in [4.69, 9.17) is 10.5 Å². The van der Waals surface area contributed by atoms with Gasteiger partial charge >= 0.3 is 0 Å². The minimum absolute atomic E-state index is 0.0624. The number of aromatic nitrogens is 3. The van der Waals surface area contributed by atoms with Crippen molar-refractivity contribution in [3.05, 3.63) is 30.5 Å². The molecule has 0 saturated heterocycles. The predicted molar refractivity (Wildman–Crippen MR) is 72.6 cm³/mol. The van der Waals surface area contributed by atoms with Crippen LogP contribution in [0.2, 0.25) is 0 Å². The molecule has 7 heteroatoms. The minimum atomic E-state index is -0.501. The van der Waals surface area contributed by atoms with Gasteiger partial charge in [0.05, 0.1) is 10.2 Å². The van der Waals surface area contributed by atoms with Crippen LogP contribution in [0.3, 0.4) is 0 Å². The summed E-state index contributed by atoms with van der Waals surface area (Å²) in [5, 5.41) is 4.84. The smallest absolute Gasteiger partial charge is 0.211 e. The fourth-order valence-corrected chi connectivity index (χ4v) is 2.61. The molecular weight excluding hydrogens is 267 g/mol. The Morgan fingerprint density at radius 3 is 3.00 bits per heavy atom. The number of nitrogens with two attached hydrogens (primary N) is 1. The summed E-state index contributed by atoms with van der Waals surface area (Å²) < 4.78 is 19.9. The highest BCUT2D eigenvalue weighted by atomic mass is 32.1. The largest absolute Gasteiger partial charge is 0.491 e. The topological polar surface area (TPSA) is 66.0 Å². The van der Waals surface area contributed by atoms with Crippen LogP contribution >= 0.6 is 11.3 Å². The lowest BCUT2D eigenvalue weighted by Gasteiger charge is -2.01. The number of nitrogen functional groups attached to an aromatic ring is 1. The number of nitrogens with zero attached hydrogens (tertiary/aromatic N) is 3. The van der Waals surface area contributed by atoms with Gasteiger partial charge in [-0.3, -0.25) is 0 Å². The Morgan fingerprint density at radius 1 is 1.37 bits per heavy atom. The van der Waals surface area contributed by atoms with E-state index in [-0.39, 0.29) is 6.61 Å². The average molecular weight is 278 g/mol. The molecule has 0 aliphatic carbocycles. The van der Waals surface area contributed by atoms with Gasteiger partial charge in [-0.1, -0.05) is 11.3 Å². The van der Waals surface area contributed by atoms with Gasteiger partial charge in [-0.05, 0) is 18.2 Å². The molecule has 0 amide bonds. The van der Waals surface area contributed by atoms with E-state index in [1.807, 2.05) is 12.1 Å². The second kappa shape index (κ2) is 4.85. The van der Waals surface area contributed by atoms with Crippen LogP contribution in [0, 0.1) is 0 Å². The lowest BCUT2D eigenvalue weighted by molar-refractivity contribution is 0.273. The predicted octanol–water partition coefficient (Wildman–Crippen LogP) is 2.41. The third kappa shape index (κ3) is 2.37. The normalized spacial score (nSPS) is 11.0. The summed E-state index contributed by atoms with van der Waals surface area (Å²) in [5.41, 5.74) is 6.43. The quantitative estimate of drug-likeness (QED) is 0.796. The van der Waals surface area contributed by atoms with Crippen LogP contribution in [0.5, 0.6) is 5.75 Å². The molecule has 0 fully saturated rings. The summed E-state index contributed by atoms with van der Waals surface area (Å²) in [7, 11) is 0. The molecule has 0 spiro atoms. The van der Waals surface area contributed by atoms with Gasteiger partial charge in [0.25, 0.3) is 0 Å². The number of thiazole rings is 1. The first-order valence-electron chi connectivity index (χ1n) is 5.67. The molecule has 2 N–H and O–H groups in total. The Hall–Kier alpha value is -2.15. The summed E-state index contributed by atoms with van der Waals surface area (Å²) in [5.74, 6) is 1.09. The fraction of sp³-hybridized carbons (Fsp3) is 0.167. The van der Waals surface area contributed by atoms with E-state index >= 15 is 0 Å². The van der Waals surface area contributed by atoms with Crippen LogP contribution in [-0.4, -0.2) is 28.0 Å². The highest BCUT2D eigenvalue weighted by molar-refractivity contribution is 7.20. The highest BCUT2D eigenvalue weighted by Gasteiger charge is 2.08. The molecule has 0 atom stereocenters. The van der Waals surface area contributed by atoms with Gasteiger partial charge in [0.2, 0.25) is 5.13 Å². The van der Waals surface area contributed by atoms with Crippen LogP contribution in [0.4, 0.5) is 10.2 Å². The molecule has 19 heavy (non-hydrogen) atoms. The van der Waals surface area contributed by atoms with E-state index in [2.05, 4.69) is 10.1 Å².